The second kappa shape index (κ2) is 17.7. The van der Waals surface area contributed by atoms with Crippen LogP contribution in [0, 0.1) is 0 Å². The van der Waals surface area contributed by atoms with Crippen molar-refractivity contribution in [2.75, 3.05) is 18.8 Å². The molecule has 1 aromatic rings. The highest BCUT2D eigenvalue weighted by molar-refractivity contribution is 7.80. The molecule has 0 aromatic heterocycles. The van der Waals surface area contributed by atoms with Gasteiger partial charge in [-0.2, -0.15) is 12.6 Å². The molecule has 12 heteroatoms. The molecule has 4 unspecified atom stereocenters. The first-order valence-corrected chi connectivity index (χ1v) is 12.8. The first-order valence-electron chi connectivity index (χ1n) is 12.2. The van der Waals surface area contributed by atoms with Gasteiger partial charge in [-0.25, -0.2) is 4.79 Å². The summed E-state index contributed by atoms with van der Waals surface area (Å²) in [5, 5.41) is 17.0. The van der Waals surface area contributed by atoms with E-state index in [0.717, 1.165) is 12.0 Å². The lowest BCUT2D eigenvalue weighted by atomic mass is 10.0. The van der Waals surface area contributed by atoms with Gasteiger partial charge in [-0.05, 0) is 50.8 Å². The predicted octanol–water partition coefficient (Wildman–Crippen LogP) is -0.717. The fourth-order valence-electron chi connectivity index (χ4n) is 3.47. The van der Waals surface area contributed by atoms with Gasteiger partial charge in [-0.1, -0.05) is 36.8 Å². The average molecular weight is 525 g/mol. The molecule has 11 nitrogen and oxygen atoms in total. The Morgan fingerprint density at radius 1 is 0.778 bits per heavy atom. The molecule has 3 amide bonds. The van der Waals surface area contributed by atoms with Crippen LogP contribution in [0.1, 0.15) is 44.1 Å². The van der Waals surface area contributed by atoms with Gasteiger partial charge in [0, 0.05) is 12.2 Å². The Labute approximate surface area is 217 Å². The fraction of sp³-hybridized carbons (Fsp3) is 0.583. The number of carbonyl (C=O) groups is 4. The van der Waals surface area contributed by atoms with Gasteiger partial charge in [-0.3, -0.25) is 14.4 Å². The van der Waals surface area contributed by atoms with Gasteiger partial charge in [-0.15, -0.1) is 0 Å². The van der Waals surface area contributed by atoms with Gasteiger partial charge in [0.05, 0.1) is 6.04 Å². The first kappa shape index (κ1) is 31.4. The van der Waals surface area contributed by atoms with E-state index in [0.29, 0.717) is 38.8 Å². The lowest BCUT2D eigenvalue weighted by Crippen LogP contribution is -2.57. The number of amides is 3. The molecular weight excluding hydrogens is 484 g/mol. The smallest absolute Gasteiger partial charge is 0.327 e. The number of aliphatic carboxylic acids is 1. The molecular formula is C24H40N6O5S. The third-order valence-electron chi connectivity index (χ3n) is 5.60. The van der Waals surface area contributed by atoms with E-state index in [1.165, 1.54) is 0 Å². The molecule has 0 saturated carbocycles. The summed E-state index contributed by atoms with van der Waals surface area (Å²) in [5.41, 5.74) is 17.9. The van der Waals surface area contributed by atoms with Crippen molar-refractivity contribution in [3.8, 4) is 0 Å². The van der Waals surface area contributed by atoms with E-state index < -0.39 is 47.9 Å². The van der Waals surface area contributed by atoms with E-state index in [1.54, 1.807) is 0 Å². The number of nitrogens with two attached hydrogens (primary N) is 3. The Balaban J connectivity index is 3.02. The lowest BCUT2D eigenvalue weighted by Gasteiger charge is -2.25. The Bertz CT molecular complexity index is 828. The van der Waals surface area contributed by atoms with Crippen LogP contribution in [0.2, 0.25) is 0 Å². The highest BCUT2D eigenvalue weighted by atomic mass is 32.1. The molecule has 0 saturated heterocycles. The highest BCUT2D eigenvalue weighted by Gasteiger charge is 2.30. The zero-order chi connectivity index (χ0) is 26.9. The summed E-state index contributed by atoms with van der Waals surface area (Å²) < 4.78 is 0. The minimum Gasteiger partial charge on any atom is -0.480 e. The van der Waals surface area contributed by atoms with E-state index >= 15 is 0 Å². The summed E-state index contributed by atoms with van der Waals surface area (Å²) in [4.78, 5) is 50.2. The molecule has 202 valence electrons. The number of unbranched alkanes of at least 4 members (excludes halogenated alkanes) is 2. The molecule has 0 radical (unpaired) electrons. The van der Waals surface area contributed by atoms with Crippen LogP contribution in [-0.4, -0.2) is 71.8 Å². The summed E-state index contributed by atoms with van der Waals surface area (Å²) in [6.45, 7) is 0.905. The third-order valence-corrected chi connectivity index (χ3v) is 5.96. The van der Waals surface area contributed by atoms with Crippen molar-refractivity contribution in [3.63, 3.8) is 0 Å². The van der Waals surface area contributed by atoms with Crippen molar-refractivity contribution in [3.05, 3.63) is 35.9 Å². The van der Waals surface area contributed by atoms with Crippen LogP contribution in [0.15, 0.2) is 30.3 Å². The maximum atomic E-state index is 13.3. The molecule has 0 spiro atoms. The zero-order valence-corrected chi connectivity index (χ0v) is 21.4. The molecule has 36 heavy (non-hydrogen) atoms. The van der Waals surface area contributed by atoms with Crippen LogP contribution in [0.5, 0.6) is 0 Å². The van der Waals surface area contributed by atoms with Crippen molar-refractivity contribution in [2.24, 2.45) is 17.2 Å². The van der Waals surface area contributed by atoms with Crippen LogP contribution >= 0.6 is 12.6 Å². The Morgan fingerprint density at radius 3 is 1.86 bits per heavy atom. The third kappa shape index (κ3) is 11.8. The quantitative estimate of drug-likeness (QED) is 0.0907. The minimum absolute atomic E-state index is 0.112. The summed E-state index contributed by atoms with van der Waals surface area (Å²) >= 11 is 3.96. The van der Waals surface area contributed by atoms with Crippen molar-refractivity contribution in [1.29, 1.82) is 0 Å². The van der Waals surface area contributed by atoms with Crippen LogP contribution in [0.4, 0.5) is 0 Å². The highest BCUT2D eigenvalue weighted by Crippen LogP contribution is 2.08. The number of hydrogen-bond donors (Lipinski definition) is 8. The number of nitrogens with one attached hydrogen (secondary N) is 3. The molecule has 1 rings (SSSR count). The Morgan fingerprint density at radius 2 is 1.31 bits per heavy atom. The van der Waals surface area contributed by atoms with Crippen LogP contribution in [-0.2, 0) is 25.6 Å². The van der Waals surface area contributed by atoms with Gasteiger partial charge in [0.25, 0.3) is 0 Å². The number of carbonyl (C=O) groups excluding carboxylic acids is 3. The fourth-order valence-corrected chi connectivity index (χ4v) is 3.72. The monoisotopic (exact) mass is 524 g/mol. The minimum atomic E-state index is -1.23. The van der Waals surface area contributed by atoms with E-state index in [1.807, 2.05) is 30.3 Å². The number of carboxylic acids is 1. The SMILES string of the molecule is NCCCCC(N)C(=O)NC(Cc1ccccc1)C(=O)NC(CCCCN)C(=O)NC(CS)C(=O)O. The Hall–Kier alpha value is -2.67. The second-order valence-electron chi connectivity index (χ2n) is 8.57. The van der Waals surface area contributed by atoms with Gasteiger partial charge in [0.2, 0.25) is 17.7 Å². The standard InChI is InChI=1S/C24H40N6O5S/c25-12-6-4-10-17(27)21(31)29-19(14-16-8-2-1-3-9-16)23(33)28-18(11-5-7-13-26)22(32)30-20(15-36)24(34)35/h1-3,8-9,17-20,36H,4-7,10-15,25-27H2,(H,28,33)(H,29,31)(H,30,32)(H,34,35). The summed E-state index contributed by atoms with van der Waals surface area (Å²) in [6, 6.07) is 5.09. The number of benzene rings is 1. The second-order valence-corrected chi connectivity index (χ2v) is 8.93. The van der Waals surface area contributed by atoms with E-state index in [4.69, 9.17) is 17.2 Å². The summed E-state index contributed by atoms with van der Waals surface area (Å²) in [5.74, 6) is -3.05. The van der Waals surface area contributed by atoms with Gasteiger partial charge in [0.15, 0.2) is 0 Å². The molecule has 0 aliphatic rings. The zero-order valence-electron chi connectivity index (χ0n) is 20.5. The molecule has 0 aliphatic carbocycles. The van der Waals surface area contributed by atoms with Crippen molar-refractivity contribution >= 4 is 36.3 Å². The maximum Gasteiger partial charge on any atom is 0.327 e. The number of thiol groups is 1. The summed E-state index contributed by atoms with van der Waals surface area (Å²) in [6.07, 6.45) is 3.43. The van der Waals surface area contributed by atoms with E-state index in [2.05, 4.69) is 28.6 Å². The van der Waals surface area contributed by atoms with Crippen molar-refractivity contribution < 1.29 is 24.3 Å². The normalized spacial score (nSPS) is 14.2. The molecule has 0 bridgehead atoms. The molecule has 0 aliphatic heterocycles. The van der Waals surface area contributed by atoms with Gasteiger partial charge in [0.1, 0.15) is 18.1 Å². The van der Waals surface area contributed by atoms with E-state index in [-0.39, 0.29) is 18.6 Å². The van der Waals surface area contributed by atoms with E-state index in [9.17, 15) is 24.3 Å². The number of hydrogen-bond acceptors (Lipinski definition) is 8. The van der Waals surface area contributed by atoms with Crippen LogP contribution in [0.3, 0.4) is 0 Å². The van der Waals surface area contributed by atoms with Crippen LogP contribution < -0.4 is 33.2 Å². The Kier molecular flexibility index (Phi) is 15.4. The topological polar surface area (TPSA) is 203 Å². The van der Waals surface area contributed by atoms with Gasteiger partial charge >= 0.3 is 5.97 Å². The average Bonchev–Trinajstić information content (AvgIpc) is 2.86. The first-order chi connectivity index (χ1) is 17.2. The lowest BCUT2D eigenvalue weighted by molar-refractivity contribution is -0.141. The number of rotatable bonds is 18. The largest absolute Gasteiger partial charge is 0.480 e. The van der Waals surface area contributed by atoms with Crippen LogP contribution in [0.25, 0.3) is 0 Å². The number of carboxylic acid groups (broad SMARTS) is 1. The maximum absolute atomic E-state index is 13.3. The predicted molar refractivity (Wildman–Crippen MR) is 141 cm³/mol. The molecule has 10 N–H and O–H groups in total. The van der Waals surface area contributed by atoms with Crippen molar-refractivity contribution in [1.82, 2.24) is 16.0 Å². The molecule has 0 fully saturated rings. The molecule has 4 atom stereocenters. The van der Waals surface area contributed by atoms with Crippen molar-refractivity contribution in [2.45, 2.75) is 69.1 Å². The molecule has 0 heterocycles. The van der Waals surface area contributed by atoms with Gasteiger partial charge < -0.3 is 38.3 Å². The summed E-state index contributed by atoms with van der Waals surface area (Å²) in [7, 11) is 0. The molecule has 1 aromatic carbocycles.